The molecule has 0 atom stereocenters. The van der Waals surface area contributed by atoms with Crippen LogP contribution in [0.5, 0.6) is 11.6 Å². The number of nitro groups is 1. The molecule has 10 heteroatoms. The van der Waals surface area contributed by atoms with E-state index in [0.29, 0.717) is 22.2 Å². The van der Waals surface area contributed by atoms with Gasteiger partial charge < -0.3 is 10.1 Å². The van der Waals surface area contributed by atoms with Gasteiger partial charge in [0, 0.05) is 30.3 Å². The van der Waals surface area contributed by atoms with Crippen molar-refractivity contribution >= 4 is 29.0 Å². The summed E-state index contributed by atoms with van der Waals surface area (Å²) in [7, 11) is 0. The number of aromatic nitrogens is 2. The number of hydrogen-bond acceptors (Lipinski definition) is 8. The molecule has 1 heterocycles. The minimum atomic E-state index is -0.514. The van der Waals surface area contributed by atoms with E-state index >= 15 is 0 Å². The first-order valence-corrected chi connectivity index (χ1v) is 9.80. The molecule has 0 saturated heterocycles. The molecule has 0 aliphatic heterocycles. The summed E-state index contributed by atoms with van der Waals surface area (Å²) in [6.45, 7) is 1.41. The first-order chi connectivity index (χ1) is 14.4. The van der Waals surface area contributed by atoms with Crippen molar-refractivity contribution in [3.05, 3.63) is 64.2 Å². The van der Waals surface area contributed by atoms with Gasteiger partial charge in [0.2, 0.25) is 11.8 Å². The lowest BCUT2D eigenvalue weighted by Gasteiger charge is -2.12. The molecule has 30 heavy (non-hydrogen) atoms. The van der Waals surface area contributed by atoms with Gasteiger partial charge in [-0.05, 0) is 30.5 Å². The van der Waals surface area contributed by atoms with E-state index in [1.165, 1.54) is 36.9 Å². The zero-order valence-corrected chi connectivity index (χ0v) is 16.8. The fourth-order valence-electron chi connectivity index (χ4n) is 2.58. The van der Waals surface area contributed by atoms with E-state index < -0.39 is 4.92 Å². The van der Waals surface area contributed by atoms with Crippen molar-refractivity contribution in [3.63, 3.8) is 0 Å². The number of benzene rings is 2. The standard InChI is InChI=1S/C20H15N5O4S/c1-12(26)22-14-6-8-16(9-7-14)29-19-17(11-21)18(23-20(24-19)30-2)13-4-3-5-15(10-13)25(27)28/h3-10H,1-2H3,(H,22,26). The molecule has 1 N–H and O–H groups in total. The van der Waals surface area contributed by atoms with Gasteiger partial charge in [-0.3, -0.25) is 14.9 Å². The van der Waals surface area contributed by atoms with Crippen molar-refractivity contribution in [2.75, 3.05) is 11.6 Å². The van der Waals surface area contributed by atoms with E-state index in [2.05, 4.69) is 15.3 Å². The molecule has 3 rings (SSSR count). The van der Waals surface area contributed by atoms with Crippen LogP contribution >= 0.6 is 11.8 Å². The Kier molecular flexibility index (Phi) is 6.24. The van der Waals surface area contributed by atoms with E-state index in [-0.39, 0.29) is 28.7 Å². The molecule has 0 unspecified atom stereocenters. The lowest BCUT2D eigenvalue weighted by molar-refractivity contribution is -0.384. The van der Waals surface area contributed by atoms with Gasteiger partial charge in [-0.2, -0.15) is 10.2 Å². The van der Waals surface area contributed by atoms with E-state index in [9.17, 15) is 20.2 Å². The Bertz CT molecular complexity index is 1160. The Hall–Kier alpha value is -3.97. The van der Waals surface area contributed by atoms with Crippen LogP contribution in [0.1, 0.15) is 12.5 Å². The van der Waals surface area contributed by atoms with Gasteiger partial charge in [-0.1, -0.05) is 23.9 Å². The summed E-state index contributed by atoms with van der Waals surface area (Å²) in [4.78, 5) is 30.4. The zero-order valence-electron chi connectivity index (χ0n) is 15.9. The number of nitrogens with one attached hydrogen (secondary N) is 1. The molecule has 150 valence electrons. The molecular weight excluding hydrogens is 406 g/mol. The van der Waals surface area contributed by atoms with Crippen molar-refractivity contribution < 1.29 is 14.5 Å². The number of nitriles is 1. The first kappa shape index (κ1) is 20.8. The number of rotatable bonds is 6. The maximum absolute atomic E-state index is 11.1. The van der Waals surface area contributed by atoms with E-state index in [1.807, 2.05) is 6.07 Å². The number of carbonyl (C=O) groups is 1. The second-order valence-corrected chi connectivity index (χ2v) is 6.74. The van der Waals surface area contributed by atoms with Gasteiger partial charge in [-0.15, -0.1) is 0 Å². The van der Waals surface area contributed by atoms with E-state index in [1.54, 1.807) is 36.6 Å². The van der Waals surface area contributed by atoms with Crippen LogP contribution in [0.2, 0.25) is 0 Å². The number of non-ortho nitro benzene ring substituents is 1. The van der Waals surface area contributed by atoms with Crippen LogP contribution in [0.3, 0.4) is 0 Å². The topological polar surface area (TPSA) is 131 Å². The van der Waals surface area contributed by atoms with Crippen molar-refractivity contribution in [2.24, 2.45) is 0 Å². The van der Waals surface area contributed by atoms with Gasteiger partial charge in [0.25, 0.3) is 5.69 Å². The molecule has 0 saturated carbocycles. The quantitative estimate of drug-likeness (QED) is 0.268. The molecule has 1 amide bonds. The van der Waals surface area contributed by atoms with Crippen molar-refractivity contribution in [3.8, 4) is 29.0 Å². The lowest BCUT2D eigenvalue weighted by Crippen LogP contribution is -2.05. The van der Waals surface area contributed by atoms with Crippen molar-refractivity contribution in [2.45, 2.75) is 12.1 Å². The fourth-order valence-corrected chi connectivity index (χ4v) is 2.94. The Morgan fingerprint density at radius 1 is 1.23 bits per heavy atom. The summed E-state index contributed by atoms with van der Waals surface area (Å²) in [5.74, 6) is 0.236. The third kappa shape index (κ3) is 4.71. The molecule has 1 aromatic heterocycles. The SMILES string of the molecule is CSc1nc(Oc2ccc(NC(C)=O)cc2)c(C#N)c(-c2cccc([N+](=O)[O-])c2)n1. The molecule has 0 radical (unpaired) electrons. The van der Waals surface area contributed by atoms with Gasteiger partial charge in [0.1, 0.15) is 17.4 Å². The van der Waals surface area contributed by atoms with Gasteiger partial charge >= 0.3 is 0 Å². The molecule has 0 bridgehead atoms. The zero-order chi connectivity index (χ0) is 21.7. The monoisotopic (exact) mass is 421 g/mol. The van der Waals surface area contributed by atoms with Crippen LogP contribution in [-0.4, -0.2) is 27.1 Å². The van der Waals surface area contributed by atoms with Crippen LogP contribution in [0.4, 0.5) is 11.4 Å². The highest BCUT2D eigenvalue weighted by atomic mass is 32.2. The highest BCUT2D eigenvalue weighted by molar-refractivity contribution is 7.98. The van der Waals surface area contributed by atoms with Crippen LogP contribution in [0.15, 0.2) is 53.7 Å². The molecule has 0 aliphatic rings. The lowest BCUT2D eigenvalue weighted by atomic mass is 10.1. The molecule has 0 spiro atoms. The predicted molar refractivity (Wildman–Crippen MR) is 111 cm³/mol. The second-order valence-electron chi connectivity index (χ2n) is 5.97. The van der Waals surface area contributed by atoms with Gasteiger partial charge in [0.15, 0.2) is 5.16 Å². The number of carbonyl (C=O) groups excluding carboxylic acids is 1. The maximum Gasteiger partial charge on any atom is 0.270 e. The number of ether oxygens (including phenoxy) is 1. The molecule has 9 nitrogen and oxygen atoms in total. The smallest absolute Gasteiger partial charge is 0.270 e. The second kappa shape index (κ2) is 9.02. The van der Waals surface area contributed by atoms with Crippen LogP contribution in [0.25, 0.3) is 11.3 Å². The summed E-state index contributed by atoms with van der Waals surface area (Å²) >= 11 is 1.25. The highest BCUT2D eigenvalue weighted by Gasteiger charge is 2.19. The third-order valence-corrected chi connectivity index (χ3v) is 4.42. The summed E-state index contributed by atoms with van der Waals surface area (Å²) in [5, 5.41) is 23.8. The average molecular weight is 421 g/mol. The maximum atomic E-state index is 11.1. The minimum absolute atomic E-state index is 0.0330. The largest absolute Gasteiger partial charge is 0.438 e. The molecule has 0 fully saturated rings. The normalized spacial score (nSPS) is 10.2. The van der Waals surface area contributed by atoms with E-state index in [0.717, 1.165) is 0 Å². The van der Waals surface area contributed by atoms with Crippen LogP contribution in [0, 0.1) is 21.4 Å². The number of nitro benzene ring substituents is 1. The van der Waals surface area contributed by atoms with Crippen LogP contribution in [-0.2, 0) is 4.79 Å². The molecule has 3 aromatic rings. The van der Waals surface area contributed by atoms with E-state index in [4.69, 9.17) is 4.74 Å². The Morgan fingerprint density at radius 2 is 1.97 bits per heavy atom. The number of amides is 1. The van der Waals surface area contributed by atoms with Crippen LogP contribution < -0.4 is 10.1 Å². The first-order valence-electron chi connectivity index (χ1n) is 8.57. The highest BCUT2D eigenvalue weighted by Crippen LogP contribution is 2.33. The third-order valence-electron chi connectivity index (χ3n) is 3.87. The Labute approximate surface area is 175 Å². The summed E-state index contributed by atoms with van der Waals surface area (Å²) in [6, 6.07) is 14.5. The predicted octanol–water partition coefficient (Wildman–Crippen LogP) is 4.40. The summed E-state index contributed by atoms with van der Waals surface area (Å²) in [6.07, 6.45) is 1.77. The van der Waals surface area contributed by atoms with Gasteiger partial charge in [-0.25, -0.2) is 4.98 Å². The average Bonchev–Trinajstić information content (AvgIpc) is 2.74. The number of thioether (sulfide) groups is 1. The van der Waals surface area contributed by atoms with Gasteiger partial charge in [0.05, 0.1) is 10.6 Å². The number of hydrogen-bond donors (Lipinski definition) is 1. The molecular formula is C20H15N5O4S. The minimum Gasteiger partial charge on any atom is -0.438 e. The number of anilines is 1. The Morgan fingerprint density at radius 3 is 2.57 bits per heavy atom. The molecule has 0 aliphatic carbocycles. The fraction of sp³-hybridized carbons (Fsp3) is 0.100. The summed E-state index contributed by atoms with van der Waals surface area (Å²) in [5.41, 5.74) is 1.19. The van der Waals surface area contributed by atoms with Crippen molar-refractivity contribution in [1.29, 1.82) is 5.26 Å². The Balaban J connectivity index is 2.04. The summed E-state index contributed by atoms with van der Waals surface area (Å²) < 4.78 is 5.81. The van der Waals surface area contributed by atoms with Crippen molar-refractivity contribution in [1.82, 2.24) is 9.97 Å². The molecule has 2 aromatic carbocycles. The number of nitrogens with zero attached hydrogens (tertiary/aromatic N) is 4.